The number of methoxy groups -OCH3 is 1. The first-order valence-electron chi connectivity index (χ1n) is 7.49. The van der Waals surface area contributed by atoms with Gasteiger partial charge in [-0.1, -0.05) is 23.7 Å². The molecule has 0 spiro atoms. The van der Waals surface area contributed by atoms with E-state index in [9.17, 15) is 14.4 Å². The van der Waals surface area contributed by atoms with Crippen LogP contribution in [-0.2, 0) is 14.3 Å². The lowest BCUT2D eigenvalue weighted by atomic mass is 10.1. The molecule has 134 valence electrons. The highest BCUT2D eigenvalue weighted by Gasteiger charge is 2.14. The van der Waals surface area contributed by atoms with Gasteiger partial charge in [-0.15, -0.1) is 0 Å². The molecule has 0 aromatic heterocycles. The van der Waals surface area contributed by atoms with Crippen LogP contribution in [0.2, 0.25) is 5.02 Å². The number of nitrogens with zero attached hydrogens (tertiary/aromatic N) is 1. The van der Waals surface area contributed by atoms with Gasteiger partial charge in [-0.3, -0.25) is 9.59 Å². The maximum atomic E-state index is 11.9. The van der Waals surface area contributed by atoms with Crippen LogP contribution in [0.3, 0.4) is 0 Å². The quantitative estimate of drug-likeness (QED) is 0.372. The Hall–Kier alpha value is -3.19. The van der Waals surface area contributed by atoms with Gasteiger partial charge in [0.15, 0.2) is 0 Å². The first kappa shape index (κ1) is 19.1. The lowest BCUT2D eigenvalue weighted by Gasteiger charge is -2.07. The minimum atomic E-state index is -0.915. The van der Waals surface area contributed by atoms with Gasteiger partial charge in [-0.25, -0.2) is 10.2 Å². The van der Waals surface area contributed by atoms with Gasteiger partial charge >= 0.3 is 17.8 Å². The third-order valence-corrected chi connectivity index (χ3v) is 3.59. The molecule has 8 heteroatoms. The topological polar surface area (TPSA) is 96.9 Å². The number of carbonyl (C=O) groups is 3. The van der Waals surface area contributed by atoms with E-state index in [-0.39, 0.29) is 0 Å². The average molecular weight is 374 g/mol. The molecule has 2 aromatic rings. The summed E-state index contributed by atoms with van der Waals surface area (Å²) in [5.41, 5.74) is 4.37. The summed E-state index contributed by atoms with van der Waals surface area (Å²) >= 11 is 5.84. The van der Waals surface area contributed by atoms with Crippen LogP contribution in [0.4, 0.5) is 5.69 Å². The summed E-state index contributed by atoms with van der Waals surface area (Å²) in [5.74, 6) is -2.22. The molecule has 0 atom stereocenters. The summed E-state index contributed by atoms with van der Waals surface area (Å²) in [6.45, 7) is 1.76. The third-order valence-electron chi connectivity index (χ3n) is 3.35. The molecule has 0 saturated carbocycles. The van der Waals surface area contributed by atoms with E-state index in [0.29, 0.717) is 21.8 Å². The zero-order valence-electron chi connectivity index (χ0n) is 14.1. The van der Waals surface area contributed by atoms with E-state index in [4.69, 9.17) is 11.6 Å². The van der Waals surface area contributed by atoms with E-state index in [1.54, 1.807) is 49.4 Å². The number of ether oxygens (including phenoxy) is 1. The van der Waals surface area contributed by atoms with Crippen molar-refractivity contribution >= 4 is 41.3 Å². The highest BCUT2D eigenvalue weighted by atomic mass is 35.5. The van der Waals surface area contributed by atoms with E-state index >= 15 is 0 Å². The Balaban J connectivity index is 1.91. The van der Waals surface area contributed by atoms with E-state index in [0.717, 1.165) is 5.56 Å². The molecule has 2 rings (SSSR count). The minimum absolute atomic E-state index is 0.395. The molecular weight excluding hydrogens is 358 g/mol. The number of benzene rings is 2. The number of amides is 2. The van der Waals surface area contributed by atoms with Crippen molar-refractivity contribution in [1.29, 1.82) is 0 Å². The largest absolute Gasteiger partial charge is 0.465 e. The fraction of sp³-hybridized carbons (Fsp3) is 0.111. The van der Waals surface area contributed by atoms with Crippen molar-refractivity contribution in [3.05, 3.63) is 64.2 Å². The van der Waals surface area contributed by atoms with Crippen LogP contribution in [0.1, 0.15) is 21.5 Å². The van der Waals surface area contributed by atoms with Gasteiger partial charge in [0.2, 0.25) is 0 Å². The number of esters is 1. The van der Waals surface area contributed by atoms with Gasteiger partial charge < -0.3 is 10.1 Å². The summed E-state index contributed by atoms with van der Waals surface area (Å²) in [4.78, 5) is 35.0. The van der Waals surface area contributed by atoms with Crippen LogP contribution in [-0.4, -0.2) is 31.1 Å². The molecule has 7 nitrogen and oxygen atoms in total. The van der Waals surface area contributed by atoms with E-state index in [2.05, 4.69) is 20.6 Å². The van der Waals surface area contributed by atoms with E-state index in [1.807, 2.05) is 0 Å². The summed E-state index contributed by atoms with van der Waals surface area (Å²) in [7, 11) is 1.30. The molecule has 0 unspecified atom stereocenters. The standard InChI is InChI=1S/C18H16ClN3O4/c1-11-9-14(19)7-8-15(11)21-16(23)17(24)22-20-10-12-3-5-13(6-4-12)18(25)26-2/h3-10H,1-2H3,(H,21,23)(H,22,24)/b20-10-. The molecule has 0 aliphatic rings. The summed E-state index contributed by atoms with van der Waals surface area (Å²) in [6.07, 6.45) is 1.35. The molecule has 0 bridgehead atoms. The van der Waals surface area contributed by atoms with Crippen molar-refractivity contribution in [3.8, 4) is 0 Å². The molecule has 0 saturated heterocycles. The number of halogens is 1. The SMILES string of the molecule is COC(=O)c1ccc(/C=N\NC(=O)C(=O)Nc2ccc(Cl)cc2C)cc1. The number of hydrogen-bond donors (Lipinski definition) is 2. The Morgan fingerprint density at radius 3 is 2.38 bits per heavy atom. The highest BCUT2D eigenvalue weighted by molar-refractivity contribution is 6.39. The second kappa shape index (κ2) is 8.77. The van der Waals surface area contributed by atoms with Crippen molar-refractivity contribution in [2.75, 3.05) is 12.4 Å². The van der Waals surface area contributed by atoms with Gasteiger partial charge in [-0.2, -0.15) is 5.10 Å². The number of carbonyl (C=O) groups excluding carboxylic acids is 3. The third kappa shape index (κ3) is 5.15. The zero-order chi connectivity index (χ0) is 19.1. The first-order valence-corrected chi connectivity index (χ1v) is 7.87. The number of aryl methyl sites for hydroxylation is 1. The number of hydrogen-bond acceptors (Lipinski definition) is 5. The fourth-order valence-corrected chi connectivity index (χ4v) is 2.21. The maximum Gasteiger partial charge on any atom is 0.337 e. The molecule has 2 amide bonds. The van der Waals surface area contributed by atoms with E-state index in [1.165, 1.54) is 13.3 Å². The molecule has 0 aliphatic heterocycles. The average Bonchev–Trinajstić information content (AvgIpc) is 2.63. The summed E-state index contributed by atoms with van der Waals surface area (Å²) in [6, 6.07) is 11.3. The second-order valence-corrected chi connectivity index (χ2v) is 5.66. The normalized spacial score (nSPS) is 10.4. The lowest BCUT2D eigenvalue weighted by molar-refractivity contribution is -0.136. The van der Waals surface area contributed by atoms with Crippen LogP contribution in [0.5, 0.6) is 0 Å². The predicted octanol–water partition coefficient (Wildman–Crippen LogP) is 2.52. The molecule has 0 fully saturated rings. The molecule has 0 aliphatic carbocycles. The van der Waals surface area contributed by atoms with Gasteiger partial charge in [0.25, 0.3) is 0 Å². The fourth-order valence-electron chi connectivity index (χ4n) is 1.99. The number of anilines is 1. The second-order valence-electron chi connectivity index (χ2n) is 5.23. The maximum absolute atomic E-state index is 11.9. The van der Waals surface area contributed by atoms with Crippen molar-refractivity contribution in [2.24, 2.45) is 5.10 Å². The monoisotopic (exact) mass is 373 g/mol. The van der Waals surface area contributed by atoms with Crippen molar-refractivity contribution in [2.45, 2.75) is 6.92 Å². The van der Waals surface area contributed by atoms with Crippen LogP contribution < -0.4 is 10.7 Å². The highest BCUT2D eigenvalue weighted by Crippen LogP contribution is 2.19. The van der Waals surface area contributed by atoms with Gasteiger partial charge in [0, 0.05) is 10.7 Å². The Kier molecular flexibility index (Phi) is 6.46. The Labute approximate surface area is 155 Å². The molecule has 26 heavy (non-hydrogen) atoms. The summed E-state index contributed by atoms with van der Waals surface area (Å²) < 4.78 is 4.60. The number of rotatable bonds is 4. The smallest absolute Gasteiger partial charge is 0.337 e. The number of hydrazone groups is 1. The summed E-state index contributed by atoms with van der Waals surface area (Å²) in [5, 5.41) is 6.73. The Bertz CT molecular complexity index is 863. The van der Waals surface area contributed by atoms with Crippen molar-refractivity contribution in [1.82, 2.24) is 5.43 Å². The van der Waals surface area contributed by atoms with Crippen LogP contribution in [0.25, 0.3) is 0 Å². The molecule has 0 heterocycles. The Morgan fingerprint density at radius 1 is 1.08 bits per heavy atom. The van der Waals surface area contributed by atoms with Gasteiger partial charge in [-0.05, 0) is 48.4 Å². The molecule has 0 radical (unpaired) electrons. The molecule has 2 aromatic carbocycles. The number of nitrogens with one attached hydrogen (secondary N) is 2. The zero-order valence-corrected chi connectivity index (χ0v) is 14.8. The lowest BCUT2D eigenvalue weighted by Crippen LogP contribution is -2.32. The van der Waals surface area contributed by atoms with Gasteiger partial charge in [0.05, 0.1) is 18.9 Å². The van der Waals surface area contributed by atoms with Crippen molar-refractivity contribution < 1.29 is 19.1 Å². The van der Waals surface area contributed by atoms with Crippen LogP contribution >= 0.6 is 11.6 Å². The Morgan fingerprint density at radius 2 is 1.77 bits per heavy atom. The first-order chi connectivity index (χ1) is 12.4. The molecule has 2 N–H and O–H groups in total. The predicted molar refractivity (Wildman–Crippen MR) is 98.3 cm³/mol. The van der Waals surface area contributed by atoms with Crippen molar-refractivity contribution in [3.63, 3.8) is 0 Å². The van der Waals surface area contributed by atoms with Gasteiger partial charge in [0.1, 0.15) is 0 Å². The van der Waals surface area contributed by atoms with Crippen LogP contribution in [0, 0.1) is 6.92 Å². The minimum Gasteiger partial charge on any atom is -0.465 e. The molecular formula is C18H16ClN3O4. The van der Waals surface area contributed by atoms with Crippen LogP contribution in [0.15, 0.2) is 47.6 Å². The van der Waals surface area contributed by atoms with E-state index < -0.39 is 17.8 Å².